The highest BCUT2D eigenvalue weighted by molar-refractivity contribution is 6.51. The Morgan fingerprint density at radius 2 is 1.64 bits per heavy atom. The lowest BCUT2D eigenvalue weighted by atomic mass is 9.87. The number of non-ortho nitro benzene ring substituents is 1. The van der Waals surface area contributed by atoms with Crippen molar-refractivity contribution < 1.29 is 24.4 Å². The zero-order valence-corrected chi connectivity index (χ0v) is 20.4. The van der Waals surface area contributed by atoms with Gasteiger partial charge in [0.2, 0.25) is 0 Å². The Morgan fingerprint density at radius 1 is 1.00 bits per heavy atom. The number of carbonyl (C=O) groups excluding carboxylic acids is 2. The van der Waals surface area contributed by atoms with E-state index in [4.69, 9.17) is 4.74 Å². The van der Waals surface area contributed by atoms with Gasteiger partial charge in [-0.3, -0.25) is 24.6 Å². The first-order valence-corrected chi connectivity index (χ1v) is 11.3. The first kappa shape index (κ1) is 24.7. The fraction of sp³-hybridized carbons (Fsp3) is 0.214. The summed E-state index contributed by atoms with van der Waals surface area (Å²) in [5, 5.41) is 22.5. The third kappa shape index (κ3) is 4.45. The van der Waals surface area contributed by atoms with Crippen LogP contribution in [-0.2, 0) is 15.0 Å². The van der Waals surface area contributed by atoms with Gasteiger partial charge in [-0.05, 0) is 40.8 Å². The molecule has 1 unspecified atom stereocenters. The molecule has 1 aliphatic rings. The Kier molecular flexibility index (Phi) is 6.37. The zero-order valence-electron chi connectivity index (χ0n) is 20.4. The fourth-order valence-corrected chi connectivity index (χ4v) is 4.24. The van der Waals surface area contributed by atoms with E-state index < -0.39 is 28.4 Å². The Morgan fingerprint density at radius 3 is 2.19 bits per heavy atom. The van der Waals surface area contributed by atoms with Gasteiger partial charge in [0.1, 0.15) is 11.5 Å². The summed E-state index contributed by atoms with van der Waals surface area (Å²) in [6.45, 7) is 6.22. The minimum Gasteiger partial charge on any atom is -0.507 e. The maximum Gasteiger partial charge on any atom is 0.300 e. The number of benzene rings is 3. The molecule has 184 valence electrons. The number of hydrogen-bond acceptors (Lipinski definition) is 6. The summed E-state index contributed by atoms with van der Waals surface area (Å²) in [7, 11) is 1.53. The smallest absolute Gasteiger partial charge is 0.300 e. The number of Topliss-reactive ketones (excluding diaryl/α,β-unsaturated/α-hetero) is 1. The topological polar surface area (TPSA) is 110 Å². The van der Waals surface area contributed by atoms with Crippen LogP contribution in [0.4, 0.5) is 11.4 Å². The van der Waals surface area contributed by atoms with Crippen LogP contribution in [0.25, 0.3) is 5.76 Å². The van der Waals surface area contributed by atoms with Crippen molar-refractivity contribution in [3.63, 3.8) is 0 Å². The van der Waals surface area contributed by atoms with E-state index in [1.54, 1.807) is 36.4 Å². The molecule has 8 heteroatoms. The second kappa shape index (κ2) is 9.30. The van der Waals surface area contributed by atoms with Gasteiger partial charge < -0.3 is 9.84 Å². The predicted octanol–water partition coefficient (Wildman–Crippen LogP) is 5.53. The Hall–Kier alpha value is -4.46. The molecule has 0 radical (unpaired) electrons. The molecule has 0 spiro atoms. The van der Waals surface area contributed by atoms with Gasteiger partial charge >= 0.3 is 0 Å². The summed E-state index contributed by atoms with van der Waals surface area (Å²) in [6, 6.07) is 18.6. The minimum atomic E-state index is -0.948. The van der Waals surface area contributed by atoms with Crippen LogP contribution in [0.3, 0.4) is 0 Å². The van der Waals surface area contributed by atoms with Crippen molar-refractivity contribution in [3.8, 4) is 5.75 Å². The number of carbonyl (C=O) groups is 2. The van der Waals surface area contributed by atoms with Crippen molar-refractivity contribution in [1.82, 2.24) is 0 Å². The number of aliphatic hydroxyl groups is 1. The van der Waals surface area contributed by atoms with Crippen LogP contribution in [0.15, 0.2) is 78.4 Å². The predicted molar refractivity (Wildman–Crippen MR) is 136 cm³/mol. The molecule has 0 aromatic heterocycles. The monoisotopic (exact) mass is 486 g/mol. The van der Waals surface area contributed by atoms with Crippen molar-refractivity contribution in [1.29, 1.82) is 0 Å². The fourth-order valence-electron chi connectivity index (χ4n) is 4.24. The number of amides is 1. The van der Waals surface area contributed by atoms with Gasteiger partial charge in [-0.25, -0.2) is 0 Å². The highest BCUT2D eigenvalue weighted by Crippen LogP contribution is 2.43. The molecule has 0 saturated carbocycles. The highest BCUT2D eigenvalue weighted by Gasteiger charge is 2.47. The van der Waals surface area contributed by atoms with E-state index in [1.165, 1.54) is 36.3 Å². The van der Waals surface area contributed by atoms with E-state index >= 15 is 0 Å². The summed E-state index contributed by atoms with van der Waals surface area (Å²) in [5.41, 5.74) is 1.69. The lowest BCUT2D eigenvalue weighted by Crippen LogP contribution is -2.29. The minimum absolute atomic E-state index is 0.0730. The molecule has 1 aliphatic heterocycles. The van der Waals surface area contributed by atoms with Crippen LogP contribution in [0.2, 0.25) is 0 Å². The van der Waals surface area contributed by atoms with E-state index in [2.05, 4.69) is 20.8 Å². The molecule has 1 saturated heterocycles. The van der Waals surface area contributed by atoms with Gasteiger partial charge in [0.15, 0.2) is 0 Å². The third-order valence-corrected chi connectivity index (χ3v) is 6.22. The average Bonchev–Trinajstić information content (AvgIpc) is 3.13. The molecule has 0 bridgehead atoms. The number of nitro groups is 1. The third-order valence-electron chi connectivity index (χ3n) is 6.22. The molecular weight excluding hydrogens is 460 g/mol. The van der Waals surface area contributed by atoms with Crippen molar-refractivity contribution >= 4 is 28.8 Å². The number of nitrogens with zero attached hydrogens (tertiary/aromatic N) is 2. The maximum absolute atomic E-state index is 13.3. The molecule has 1 atom stereocenters. The second-order valence-corrected chi connectivity index (χ2v) is 9.55. The van der Waals surface area contributed by atoms with E-state index in [9.17, 15) is 24.8 Å². The largest absolute Gasteiger partial charge is 0.507 e. The quantitative estimate of drug-likeness (QED) is 0.167. The van der Waals surface area contributed by atoms with Crippen LogP contribution >= 0.6 is 0 Å². The first-order valence-electron chi connectivity index (χ1n) is 11.3. The number of methoxy groups -OCH3 is 1. The van der Waals surface area contributed by atoms with Crippen LogP contribution in [-0.4, -0.2) is 28.8 Å². The molecule has 1 N–H and O–H groups in total. The maximum atomic E-state index is 13.3. The van der Waals surface area contributed by atoms with Crippen molar-refractivity contribution in [2.24, 2.45) is 0 Å². The Balaban J connectivity index is 1.91. The summed E-state index contributed by atoms with van der Waals surface area (Å²) in [6.07, 6.45) is 0. The number of hydrogen-bond donors (Lipinski definition) is 1. The first-order chi connectivity index (χ1) is 17.0. The van der Waals surface area contributed by atoms with Crippen LogP contribution in [0.1, 0.15) is 43.5 Å². The molecule has 1 heterocycles. The van der Waals surface area contributed by atoms with Gasteiger partial charge in [0, 0.05) is 23.4 Å². The number of nitro benzene ring substituents is 1. The molecule has 1 fully saturated rings. The van der Waals surface area contributed by atoms with Crippen molar-refractivity contribution in [3.05, 3.63) is 105 Å². The lowest BCUT2D eigenvalue weighted by molar-refractivity contribution is -0.384. The lowest BCUT2D eigenvalue weighted by Gasteiger charge is -2.27. The standard InChI is InChI=1S/C28H26N2O6/c1-28(2,3)19-10-12-20(13-11-19)29-24(17-8-14-22(36-4)15-9-17)23(26(32)27(29)33)25(31)18-6-5-7-21(16-18)30(34)35/h5-16,24,31H,1-4H3/b25-23-. The molecule has 3 aromatic rings. The molecule has 4 rings (SSSR count). The number of ether oxygens (including phenoxy) is 1. The van der Waals surface area contributed by atoms with Gasteiger partial charge in [-0.2, -0.15) is 0 Å². The number of aliphatic hydroxyl groups excluding tert-OH is 1. The van der Waals surface area contributed by atoms with Crippen molar-refractivity contribution in [2.75, 3.05) is 12.0 Å². The SMILES string of the molecule is COc1ccc(C2/C(=C(/O)c3cccc([N+](=O)[O-])c3)C(=O)C(=O)N2c2ccc(C(C)(C)C)cc2)cc1. The highest BCUT2D eigenvalue weighted by atomic mass is 16.6. The van der Waals surface area contributed by atoms with Gasteiger partial charge in [-0.15, -0.1) is 0 Å². The van der Waals surface area contributed by atoms with E-state index in [0.717, 1.165) is 5.56 Å². The van der Waals surface area contributed by atoms with E-state index in [0.29, 0.717) is 17.0 Å². The summed E-state index contributed by atoms with van der Waals surface area (Å²) in [5.74, 6) is -1.57. The summed E-state index contributed by atoms with van der Waals surface area (Å²) >= 11 is 0. The molecule has 36 heavy (non-hydrogen) atoms. The molecule has 0 aliphatic carbocycles. The molecule has 3 aromatic carbocycles. The number of anilines is 1. The van der Waals surface area contributed by atoms with Gasteiger partial charge in [0.25, 0.3) is 17.4 Å². The summed E-state index contributed by atoms with van der Waals surface area (Å²) < 4.78 is 5.24. The Bertz CT molecular complexity index is 1370. The molecule has 1 amide bonds. The average molecular weight is 487 g/mol. The number of ketones is 1. The molecule has 8 nitrogen and oxygen atoms in total. The van der Waals surface area contributed by atoms with Gasteiger partial charge in [0.05, 0.1) is 23.6 Å². The molecular formula is C28H26N2O6. The van der Waals surface area contributed by atoms with Gasteiger partial charge in [-0.1, -0.05) is 57.2 Å². The van der Waals surface area contributed by atoms with Crippen LogP contribution in [0.5, 0.6) is 5.75 Å². The summed E-state index contributed by atoms with van der Waals surface area (Å²) in [4.78, 5) is 38.6. The van der Waals surface area contributed by atoms with E-state index in [1.807, 2.05) is 12.1 Å². The number of rotatable bonds is 5. The van der Waals surface area contributed by atoms with Crippen molar-refractivity contribution in [2.45, 2.75) is 32.2 Å². The zero-order chi connectivity index (χ0) is 26.2. The van der Waals surface area contributed by atoms with Crippen LogP contribution < -0.4 is 9.64 Å². The van der Waals surface area contributed by atoms with Crippen LogP contribution in [0, 0.1) is 10.1 Å². The Labute approximate surface area is 208 Å². The van der Waals surface area contributed by atoms with E-state index in [-0.39, 0.29) is 22.2 Å². The normalized spacial score (nSPS) is 17.3. The second-order valence-electron chi connectivity index (χ2n) is 9.55.